The van der Waals surface area contributed by atoms with Gasteiger partial charge in [0.15, 0.2) is 0 Å². The van der Waals surface area contributed by atoms with E-state index in [1.165, 1.54) is 18.2 Å². The van der Waals surface area contributed by atoms with E-state index in [4.69, 9.17) is 17.3 Å². The van der Waals surface area contributed by atoms with Crippen molar-refractivity contribution in [3.63, 3.8) is 0 Å². The van der Waals surface area contributed by atoms with Crippen LogP contribution >= 0.6 is 11.6 Å². The number of rotatable bonds is 4. The van der Waals surface area contributed by atoms with Gasteiger partial charge in [-0.25, -0.2) is 13.1 Å². The van der Waals surface area contributed by atoms with Gasteiger partial charge < -0.3 is 5.73 Å². The highest BCUT2D eigenvalue weighted by Crippen LogP contribution is 2.22. The molecule has 4 nitrogen and oxygen atoms in total. The van der Waals surface area contributed by atoms with Gasteiger partial charge in [-0.2, -0.15) is 0 Å². The third kappa shape index (κ3) is 3.50. The highest BCUT2D eigenvalue weighted by Gasteiger charge is 2.17. The Morgan fingerprint density at radius 1 is 1.15 bits per heavy atom. The molecule has 0 unspecified atom stereocenters. The first kappa shape index (κ1) is 14.8. The summed E-state index contributed by atoms with van der Waals surface area (Å²) in [6, 6.07) is 11.9. The summed E-state index contributed by atoms with van der Waals surface area (Å²) in [7, 11) is -3.65. The van der Waals surface area contributed by atoms with Crippen molar-refractivity contribution in [2.45, 2.75) is 18.4 Å². The minimum Gasteiger partial charge on any atom is -0.398 e. The van der Waals surface area contributed by atoms with Gasteiger partial charge >= 0.3 is 0 Å². The van der Waals surface area contributed by atoms with Gasteiger partial charge in [0.2, 0.25) is 10.0 Å². The molecule has 0 amide bonds. The number of nitrogen functional groups attached to an aromatic ring is 1. The van der Waals surface area contributed by atoms with E-state index >= 15 is 0 Å². The number of anilines is 1. The number of hydrogen-bond donors (Lipinski definition) is 2. The third-order valence-corrected chi connectivity index (χ3v) is 4.56. The van der Waals surface area contributed by atoms with E-state index in [1.54, 1.807) is 0 Å². The first-order valence-electron chi connectivity index (χ1n) is 5.99. The summed E-state index contributed by atoms with van der Waals surface area (Å²) < 4.78 is 26.9. The van der Waals surface area contributed by atoms with Crippen LogP contribution in [0.3, 0.4) is 0 Å². The zero-order valence-corrected chi connectivity index (χ0v) is 12.5. The molecule has 3 N–H and O–H groups in total. The lowest BCUT2D eigenvalue weighted by atomic mass is 10.2. The lowest BCUT2D eigenvalue weighted by molar-refractivity contribution is 0.582. The van der Waals surface area contributed by atoms with Gasteiger partial charge in [-0.05, 0) is 30.7 Å². The maximum Gasteiger partial charge on any atom is 0.242 e. The summed E-state index contributed by atoms with van der Waals surface area (Å²) in [6.45, 7) is 2.19. The Kier molecular flexibility index (Phi) is 4.32. The second kappa shape index (κ2) is 5.83. The van der Waals surface area contributed by atoms with Crippen molar-refractivity contribution in [1.82, 2.24) is 4.72 Å². The molecular formula is C14H15ClN2O2S. The Morgan fingerprint density at radius 2 is 1.80 bits per heavy atom. The summed E-state index contributed by atoms with van der Waals surface area (Å²) in [5.74, 6) is 0. The van der Waals surface area contributed by atoms with Gasteiger partial charge in [-0.3, -0.25) is 0 Å². The molecule has 0 fully saturated rings. The van der Waals surface area contributed by atoms with E-state index in [1.807, 2.05) is 31.2 Å². The largest absolute Gasteiger partial charge is 0.398 e. The van der Waals surface area contributed by atoms with E-state index in [0.717, 1.165) is 11.1 Å². The molecule has 20 heavy (non-hydrogen) atoms. The summed E-state index contributed by atoms with van der Waals surface area (Å²) in [5.41, 5.74) is 7.83. The second-order valence-electron chi connectivity index (χ2n) is 4.49. The molecule has 2 aromatic carbocycles. The highest BCUT2D eigenvalue weighted by molar-refractivity contribution is 7.89. The summed E-state index contributed by atoms with van der Waals surface area (Å²) in [6.07, 6.45) is 0. The SMILES string of the molecule is Cc1ccc(CNS(=O)(=O)c2ccc(Cl)cc2N)cc1. The van der Waals surface area contributed by atoms with Crippen molar-refractivity contribution in [2.75, 3.05) is 5.73 Å². The number of benzene rings is 2. The molecule has 0 aliphatic rings. The van der Waals surface area contributed by atoms with E-state index in [-0.39, 0.29) is 17.1 Å². The molecule has 6 heteroatoms. The van der Waals surface area contributed by atoms with Crippen LogP contribution in [-0.2, 0) is 16.6 Å². The summed E-state index contributed by atoms with van der Waals surface area (Å²) in [5, 5.41) is 0.403. The third-order valence-electron chi connectivity index (χ3n) is 2.85. The van der Waals surface area contributed by atoms with Crippen molar-refractivity contribution in [1.29, 1.82) is 0 Å². The van der Waals surface area contributed by atoms with Crippen molar-refractivity contribution >= 4 is 27.3 Å². The zero-order chi connectivity index (χ0) is 14.8. The lowest BCUT2D eigenvalue weighted by Crippen LogP contribution is -2.24. The smallest absolute Gasteiger partial charge is 0.242 e. The molecule has 0 aromatic heterocycles. The normalized spacial score (nSPS) is 11.5. The lowest BCUT2D eigenvalue weighted by Gasteiger charge is -2.09. The Bertz CT molecular complexity index is 712. The zero-order valence-electron chi connectivity index (χ0n) is 10.9. The van der Waals surface area contributed by atoms with Crippen LogP contribution in [0.15, 0.2) is 47.4 Å². The molecule has 0 heterocycles. The molecule has 0 atom stereocenters. The van der Waals surface area contributed by atoms with E-state index in [2.05, 4.69) is 4.72 Å². The molecule has 0 saturated carbocycles. The number of hydrogen-bond acceptors (Lipinski definition) is 3. The van der Waals surface area contributed by atoms with Crippen LogP contribution in [0.4, 0.5) is 5.69 Å². The maximum atomic E-state index is 12.2. The van der Waals surface area contributed by atoms with Gasteiger partial charge in [0, 0.05) is 11.6 Å². The van der Waals surface area contributed by atoms with Crippen molar-refractivity contribution < 1.29 is 8.42 Å². The molecule has 0 saturated heterocycles. The van der Waals surface area contributed by atoms with E-state index < -0.39 is 10.0 Å². The molecular weight excluding hydrogens is 296 g/mol. The fourth-order valence-electron chi connectivity index (χ4n) is 1.73. The van der Waals surface area contributed by atoms with Gasteiger partial charge in [0.05, 0.1) is 5.69 Å². The minimum absolute atomic E-state index is 0.0361. The van der Waals surface area contributed by atoms with Crippen LogP contribution in [0.25, 0.3) is 0 Å². The minimum atomic E-state index is -3.65. The molecule has 2 aromatic rings. The van der Waals surface area contributed by atoms with Crippen LogP contribution in [0.1, 0.15) is 11.1 Å². The van der Waals surface area contributed by atoms with Crippen molar-refractivity contribution in [2.24, 2.45) is 0 Å². The predicted molar refractivity (Wildman–Crippen MR) is 81.1 cm³/mol. The number of aryl methyl sites for hydroxylation is 1. The van der Waals surface area contributed by atoms with Crippen molar-refractivity contribution in [3.05, 3.63) is 58.6 Å². The number of nitrogens with two attached hydrogens (primary N) is 1. The number of halogens is 1. The van der Waals surface area contributed by atoms with Crippen molar-refractivity contribution in [3.8, 4) is 0 Å². The Labute approximate surface area is 123 Å². The predicted octanol–water partition coefficient (Wildman–Crippen LogP) is 2.71. The quantitative estimate of drug-likeness (QED) is 0.853. The number of sulfonamides is 1. The number of nitrogens with one attached hydrogen (secondary N) is 1. The summed E-state index contributed by atoms with van der Waals surface area (Å²) >= 11 is 5.76. The molecule has 0 aliphatic heterocycles. The highest BCUT2D eigenvalue weighted by atomic mass is 35.5. The Balaban J connectivity index is 2.17. The molecule has 0 bridgehead atoms. The van der Waals surface area contributed by atoms with Crippen LogP contribution in [-0.4, -0.2) is 8.42 Å². The van der Waals surface area contributed by atoms with Gasteiger partial charge in [0.1, 0.15) is 4.90 Å². The van der Waals surface area contributed by atoms with Crippen LogP contribution in [0.5, 0.6) is 0 Å². The van der Waals surface area contributed by atoms with E-state index in [9.17, 15) is 8.42 Å². The van der Waals surface area contributed by atoms with Gasteiger partial charge in [0.25, 0.3) is 0 Å². The van der Waals surface area contributed by atoms with Crippen LogP contribution in [0, 0.1) is 6.92 Å². The fourth-order valence-corrected chi connectivity index (χ4v) is 3.04. The standard InChI is InChI=1S/C14H15ClN2O2S/c1-10-2-4-11(5-3-10)9-17-20(18,19)14-7-6-12(15)8-13(14)16/h2-8,17H,9,16H2,1H3. The van der Waals surface area contributed by atoms with Gasteiger partial charge in [-0.1, -0.05) is 41.4 Å². The first-order chi connectivity index (χ1) is 9.38. The molecule has 0 aliphatic carbocycles. The summed E-state index contributed by atoms with van der Waals surface area (Å²) in [4.78, 5) is 0.0361. The van der Waals surface area contributed by atoms with Crippen LogP contribution in [0.2, 0.25) is 5.02 Å². The van der Waals surface area contributed by atoms with E-state index in [0.29, 0.717) is 5.02 Å². The second-order valence-corrected chi connectivity index (χ2v) is 6.66. The molecule has 2 rings (SSSR count). The average molecular weight is 311 g/mol. The molecule has 106 valence electrons. The fraction of sp³-hybridized carbons (Fsp3) is 0.143. The Hall–Kier alpha value is -1.56. The Morgan fingerprint density at radius 3 is 2.40 bits per heavy atom. The molecule has 0 radical (unpaired) electrons. The van der Waals surface area contributed by atoms with Gasteiger partial charge in [-0.15, -0.1) is 0 Å². The monoisotopic (exact) mass is 310 g/mol. The topological polar surface area (TPSA) is 72.2 Å². The van der Waals surface area contributed by atoms with Crippen LogP contribution < -0.4 is 10.5 Å². The molecule has 0 spiro atoms. The first-order valence-corrected chi connectivity index (χ1v) is 7.85. The maximum absolute atomic E-state index is 12.2. The average Bonchev–Trinajstić information content (AvgIpc) is 2.37.